The van der Waals surface area contributed by atoms with E-state index in [1.807, 2.05) is 13.1 Å². The zero-order chi connectivity index (χ0) is 26.4. The van der Waals surface area contributed by atoms with Crippen molar-refractivity contribution in [3.05, 3.63) is 42.6 Å². The summed E-state index contributed by atoms with van der Waals surface area (Å²) in [6.45, 7) is 4.51. The van der Waals surface area contributed by atoms with Gasteiger partial charge in [-0.2, -0.15) is 26.3 Å². The Bertz CT molecular complexity index is 825. The first kappa shape index (κ1) is 29.9. The van der Waals surface area contributed by atoms with Gasteiger partial charge in [0, 0.05) is 12.2 Å². The first-order valence-electron chi connectivity index (χ1n) is 9.52. The number of carbonyl (C=O) groups is 1. The van der Waals surface area contributed by atoms with Gasteiger partial charge in [-0.3, -0.25) is 9.53 Å². The van der Waals surface area contributed by atoms with Crippen LogP contribution in [0.1, 0.15) is 6.42 Å². The molecule has 0 saturated carbocycles. The van der Waals surface area contributed by atoms with Gasteiger partial charge in [-0.1, -0.05) is 37.3 Å². The van der Waals surface area contributed by atoms with E-state index in [1.165, 1.54) is 30.3 Å². The highest BCUT2D eigenvalue weighted by molar-refractivity contribution is 6.82. The molecule has 0 spiro atoms. The van der Waals surface area contributed by atoms with Gasteiger partial charge in [-0.25, -0.2) is 13.9 Å². The molecule has 15 heteroatoms. The molecule has 1 rings (SSSR count). The molecule has 34 heavy (non-hydrogen) atoms. The van der Waals surface area contributed by atoms with Crippen LogP contribution in [0, 0.1) is 0 Å². The molecule has 0 radical (unpaired) electrons. The van der Waals surface area contributed by atoms with Crippen molar-refractivity contribution in [1.82, 2.24) is 0 Å². The topological polar surface area (TPSA) is 48.0 Å². The third-order valence-corrected chi connectivity index (χ3v) is 7.13. The van der Waals surface area contributed by atoms with Gasteiger partial charge in [-0.05, 0) is 18.6 Å². The number of alkyl halides is 9. The SMILES string of the molecule is C=C[Si](C)(C)CCCN(C(=O)C(F)(F)OC(F)(F)OC(F)(F)C(F)(F)OCF)c1ccccc1. The Labute approximate surface area is 190 Å². The summed E-state index contributed by atoms with van der Waals surface area (Å²) in [5, 5.41) is 0. The fourth-order valence-electron chi connectivity index (χ4n) is 2.48. The minimum absolute atomic E-state index is 0.139. The van der Waals surface area contributed by atoms with Crippen LogP contribution in [0.15, 0.2) is 42.6 Å². The molecule has 0 heterocycles. The van der Waals surface area contributed by atoms with Gasteiger partial charge in [0.25, 0.3) is 0 Å². The van der Waals surface area contributed by atoms with E-state index >= 15 is 0 Å². The summed E-state index contributed by atoms with van der Waals surface area (Å²) in [5.74, 6) is -2.39. The lowest BCUT2D eigenvalue weighted by Crippen LogP contribution is -2.54. The van der Waals surface area contributed by atoms with E-state index in [1.54, 1.807) is 5.70 Å². The lowest BCUT2D eigenvalue weighted by atomic mass is 10.2. The van der Waals surface area contributed by atoms with Crippen molar-refractivity contribution < 1.29 is 58.5 Å². The molecule has 0 aliphatic heterocycles. The van der Waals surface area contributed by atoms with Gasteiger partial charge >= 0.3 is 30.5 Å². The molecule has 0 fully saturated rings. The Hall–Kier alpha value is -2.10. The Morgan fingerprint density at radius 2 is 1.56 bits per heavy atom. The van der Waals surface area contributed by atoms with Crippen LogP contribution in [0.3, 0.4) is 0 Å². The van der Waals surface area contributed by atoms with E-state index in [9.17, 15) is 44.3 Å². The molecule has 0 bridgehead atoms. The number of carbonyl (C=O) groups excluding carboxylic acids is 1. The summed E-state index contributed by atoms with van der Waals surface area (Å²) in [7, 11) is -1.94. The number of para-hydroxylation sites is 1. The van der Waals surface area contributed by atoms with Gasteiger partial charge in [0.15, 0.2) is 6.86 Å². The van der Waals surface area contributed by atoms with Gasteiger partial charge in [-0.15, -0.1) is 21.1 Å². The van der Waals surface area contributed by atoms with Crippen molar-refractivity contribution in [2.24, 2.45) is 0 Å². The Balaban J connectivity index is 3.10. The molecule has 0 aliphatic rings. The number of halogens is 9. The number of ether oxygens (including phenoxy) is 3. The van der Waals surface area contributed by atoms with Crippen molar-refractivity contribution >= 4 is 19.7 Å². The minimum Gasteiger partial charge on any atom is -0.305 e. The van der Waals surface area contributed by atoms with Crippen LogP contribution >= 0.6 is 0 Å². The highest BCUT2D eigenvalue weighted by Gasteiger charge is 2.67. The summed E-state index contributed by atoms with van der Waals surface area (Å²) >= 11 is 0. The average Bonchev–Trinajstić information content (AvgIpc) is 2.69. The quantitative estimate of drug-likeness (QED) is 0.166. The van der Waals surface area contributed by atoms with Crippen LogP contribution < -0.4 is 4.90 Å². The number of amides is 1. The number of hydrogen-bond donors (Lipinski definition) is 0. The van der Waals surface area contributed by atoms with Crippen molar-refractivity contribution in [3.8, 4) is 0 Å². The van der Waals surface area contributed by atoms with Gasteiger partial charge in [0.1, 0.15) is 0 Å². The van der Waals surface area contributed by atoms with Gasteiger partial charge in [0.05, 0.1) is 8.07 Å². The van der Waals surface area contributed by atoms with E-state index in [4.69, 9.17) is 0 Å². The summed E-state index contributed by atoms with van der Waals surface area (Å²) in [4.78, 5) is 12.8. The standard InChI is InChI=1S/C19H22F9NO4Si/c1-4-34(2,3)12-8-11-29(14-9-6-5-7-10-14)15(30)16(21,22)32-19(27,28)33-18(25,26)17(23,24)31-13-20/h4-7,9-10H,1,8,11-13H2,2-3H3. The molecular formula is C19H22F9NO4Si. The maximum absolute atomic E-state index is 14.3. The first-order valence-corrected chi connectivity index (χ1v) is 12.8. The van der Waals surface area contributed by atoms with Crippen molar-refractivity contribution in [1.29, 1.82) is 0 Å². The van der Waals surface area contributed by atoms with Crippen LogP contribution in [0.25, 0.3) is 0 Å². The molecule has 0 saturated heterocycles. The second-order valence-electron chi connectivity index (χ2n) is 7.56. The van der Waals surface area contributed by atoms with Crippen molar-refractivity contribution in [2.75, 3.05) is 18.3 Å². The van der Waals surface area contributed by atoms with Gasteiger partial charge in [0.2, 0.25) is 0 Å². The van der Waals surface area contributed by atoms with E-state index in [0.29, 0.717) is 10.9 Å². The second-order valence-corrected chi connectivity index (χ2v) is 12.4. The number of anilines is 1. The third-order valence-electron chi connectivity index (χ3n) is 4.39. The molecule has 0 unspecified atom stereocenters. The number of nitrogens with zero attached hydrogens (tertiary/aromatic N) is 1. The fraction of sp³-hybridized carbons (Fsp3) is 0.526. The average molecular weight is 527 g/mol. The Kier molecular flexibility index (Phi) is 9.76. The van der Waals surface area contributed by atoms with Crippen LogP contribution in [0.4, 0.5) is 45.2 Å². The smallest absolute Gasteiger partial charge is 0.305 e. The zero-order valence-electron chi connectivity index (χ0n) is 18.0. The fourth-order valence-corrected chi connectivity index (χ4v) is 3.76. The van der Waals surface area contributed by atoms with Gasteiger partial charge < -0.3 is 4.90 Å². The number of hydrogen-bond acceptors (Lipinski definition) is 4. The molecule has 5 nitrogen and oxygen atoms in total. The normalized spacial score (nSPS) is 13.6. The lowest BCUT2D eigenvalue weighted by molar-refractivity contribution is -0.548. The minimum atomic E-state index is -6.30. The first-order chi connectivity index (χ1) is 15.4. The van der Waals surface area contributed by atoms with E-state index in [2.05, 4.69) is 20.8 Å². The number of benzene rings is 1. The summed E-state index contributed by atoms with van der Waals surface area (Å²) in [6.07, 6.45) is -23.8. The van der Waals surface area contributed by atoms with Crippen molar-refractivity contribution in [3.63, 3.8) is 0 Å². The molecule has 1 amide bonds. The summed E-state index contributed by atoms with van der Waals surface area (Å²) in [5.41, 5.74) is 1.55. The van der Waals surface area contributed by atoms with Crippen LogP contribution in [-0.2, 0) is 19.0 Å². The third kappa shape index (κ3) is 8.28. The largest absolute Gasteiger partial charge is 0.495 e. The van der Waals surface area contributed by atoms with Crippen molar-refractivity contribution in [2.45, 2.75) is 50.2 Å². The number of rotatable bonds is 14. The molecule has 0 aliphatic carbocycles. The monoisotopic (exact) mass is 527 g/mol. The lowest BCUT2D eigenvalue weighted by Gasteiger charge is -2.31. The molecule has 0 N–H and O–H groups in total. The maximum Gasteiger partial charge on any atom is 0.495 e. The van der Waals surface area contributed by atoms with Crippen LogP contribution in [0.2, 0.25) is 19.1 Å². The summed E-state index contributed by atoms with van der Waals surface area (Å²) < 4.78 is 128. The molecule has 194 valence electrons. The van der Waals surface area contributed by atoms with E-state index in [-0.39, 0.29) is 12.1 Å². The van der Waals surface area contributed by atoms with E-state index < -0.39 is 52.0 Å². The maximum atomic E-state index is 14.3. The zero-order valence-corrected chi connectivity index (χ0v) is 19.0. The molecule has 1 aromatic rings. The predicted octanol–water partition coefficient (Wildman–Crippen LogP) is 6.15. The Morgan fingerprint density at radius 1 is 1.00 bits per heavy atom. The second kappa shape index (κ2) is 11.1. The molecule has 0 aromatic heterocycles. The highest BCUT2D eigenvalue weighted by atomic mass is 28.3. The Morgan fingerprint density at radius 3 is 2.06 bits per heavy atom. The van der Waals surface area contributed by atoms with Crippen LogP contribution in [-0.4, -0.2) is 52.0 Å². The highest BCUT2D eigenvalue weighted by Crippen LogP contribution is 2.42. The molecule has 0 atom stereocenters. The predicted molar refractivity (Wildman–Crippen MR) is 105 cm³/mol. The summed E-state index contributed by atoms with van der Waals surface area (Å²) in [6, 6.07) is 7.03. The molecule has 1 aromatic carbocycles. The van der Waals surface area contributed by atoms with Crippen LogP contribution in [0.5, 0.6) is 0 Å². The molecular weight excluding hydrogens is 505 g/mol. The van der Waals surface area contributed by atoms with E-state index in [0.717, 1.165) is 0 Å².